The second kappa shape index (κ2) is 4.64. The van der Waals surface area contributed by atoms with E-state index >= 15 is 0 Å². The highest BCUT2D eigenvalue weighted by Gasteiger charge is 2.04. The molecule has 1 aromatic rings. The summed E-state index contributed by atoms with van der Waals surface area (Å²) in [6.07, 6.45) is 0. The van der Waals surface area contributed by atoms with Crippen LogP contribution in [0.15, 0.2) is 4.34 Å². The van der Waals surface area contributed by atoms with E-state index in [2.05, 4.69) is 10.2 Å². The Balaban J connectivity index is 2.33. The van der Waals surface area contributed by atoms with Crippen LogP contribution in [-0.2, 0) is 0 Å². The number of aliphatic hydroxyl groups excluding tert-OH is 1. The summed E-state index contributed by atoms with van der Waals surface area (Å²) >= 11 is 2.96. The molecule has 3 N–H and O–H groups in total. The summed E-state index contributed by atoms with van der Waals surface area (Å²) in [7, 11) is 0. The van der Waals surface area contributed by atoms with Gasteiger partial charge >= 0.3 is 0 Å². The molecule has 0 saturated heterocycles. The van der Waals surface area contributed by atoms with Crippen LogP contribution in [0.1, 0.15) is 6.92 Å². The van der Waals surface area contributed by atoms with Gasteiger partial charge in [0.05, 0.1) is 0 Å². The third-order valence-electron chi connectivity index (χ3n) is 1.23. The number of nitrogens with two attached hydrogens (primary N) is 1. The van der Waals surface area contributed by atoms with E-state index in [1.165, 1.54) is 11.3 Å². The Bertz CT molecular complexity index is 240. The molecule has 6 heteroatoms. The number of hydrogen-bond acceptors (Lipinski definition) is 6. The molecule has 1 heterocycles. The zero-order valence-electron chi connectivity index (χ0n) is 6.73. The summed E-state index contributed by atoms with van der Waals surface area (Å²) in [6, 6.07) is 0. The Kier molecular flexibility index (Phi) is 3.77. The van der Waals surface area contributed by atoms with E-state index in [0.717, 1.165) is 10.1 Å². The molecule has 1 atom stereocenters. The molecule has 0 aliphatic heterocycles. The van der Waals surface area contributed by atoms with Crippen LogP contribution in [0, 0.1) is 5.92 Å². The summed E-state index contributed by atoms with van der Waals surface area (Å²) in [5.41, 5.74) is 5.40. The van der Waals surface area contributed by atoms with Gasteiger partial charge < -0.3 is 10.8 Å². The lowest BCUT2D eigenvalue weighted by molar-refractivity contribution is 0.250. The molecule has 12 heavy (non-hydrogen) atoms. The fourth-order valence-electron chi connectivity index (χ4n) is 0.545. The molecule has 0 aliphatic rings. The van der Waals surface area contributed by atoms with E-state index in [1.54, 1.807) is 11.8 Å². The van der Waals surface area contributed by atoms with E-state index in [1.807, 2.05) is 6.92 Å². The van der Waals surface area contributed by atoms with Gasteiger partial charge in [-0.3, -0.25) is 0 Å². The van der Waals surface area contributed by atoms with Crippen LogP contribution < -0.4 is 5.73 Å². The molecular weight excluding hydrogens is 194 g/mol. The summed E-state index contributed by atoms with van der Waals surface area (Å²) in [5.74, 6) is 1.14. The lowest BCUT2D eigenvalue weighted by atomic mass is 10.2. The van der Waals surface area contributed by atoms with Crippen LogP contribution in [0.25, 0.3) is 0 Å². The Morgan fingerprint density at radius 3 is 2.92 bits per heavy atom. The van der Waals surface area contributed by atoms with E-state index < -0.39 is 0 Å². The van der Waals surface area contributed by atoms with Gasteiger partial charge in [-0.05, 0) is 5.92 Å². The quantitative estimate of drug-likeness (QED) is 0.713. The second-order valence-corrected chi connectivity index (χ2v) is 4.78. The standard InChI is InChI=1S/C6H11N3OS2/c1-4(2-10)3-11-6-9-8-5(7)12-6/h4,10H,2-3H2,1H3,(H2,7,8). The van der Waals surface area contributed by atoms with Crippen LogP contribution in [-0.4, -0.2) is 27.7 Å². The minimum atomic E-state index is 0.210. The van der Waals surface area contributed by atoms with E-state index in [9.17, 15) is 0 Å². The van der Waals surface area contributed by atoms with Gasteiger partial charge in [0.2, 0.25) is 5.13 Å². The number of thioether (sulfide) groups is 1. The van der Waals surface area contributed by atoms with Gasteiger partial charge in [-0.15, -0.1) is 10.2 Å². The molecule has 4 nitrogen and oxygen atoms in total. The topological polar surface area (TPSA) is 72.0 Å². The van der Waals surface area contributed by atoms with Gasteiger partial charge in [0.15, 0.2) is 4.34 Å². The largest absolute Gasteiger partial charge is 0.396 e. The number of anilines is 1. The van der Waals surface area contributed by atoms with Crippen LogP contribution in [0.2, 0.25) is 0 Å². The van der Waals surface area contributed by atoms with Crippen molar-refractivity contribution in [2.24, 2.45) is 5.92 Å². The number of aliphatic hydroxyl groups is 1. The first-order valence-corrected chi connectivity index (χ1v) is 5.35. The van der Waals surface area contributed by atoms with Crippen LogP contribution in [0.5, 0.6) is 0 Å². The molecule has 0 fully saturated rings. The van der Waals surface area contributed by atoms with Crippen molar-refractivity contribution in [2.75, 3.05) is 18.1 Å². The second-order valence-electron chi connectivity index (χ2n) is 2.50. The Morgan fingerprint density at radius 1 is 1.67 bits per heavy atom. The maximum atomic E-state index is 8.75. The number of nitrogens with zero attached hydrogens (tertiary/aromatic N) is 2. The van der Waals surface area contributed by atoms with Crippen LogP contribution in [0.3, 0.4) is 0 Å². The van der Waals surface area contributed by atoms with Gasteiger partial charge in [0, 0.05) is 12.4 Å². The average Bonchev–Trinajstić information content (AvgIpc) is 2.47. The Labute approximate surface area is 79.2 Å². The van der Waals surface area contributed by atoms with Gasteiger partial charge in [0.1, 0.15) is 0 Å². The number of nitrogen functional groups attached to an aromatic ring is 1. The Morgan fingerprint density at radius 2 is 2.42 bits per heavy atom. The van der Waals surface area contributed by atoms with Crippen LogP contribution in [0.4, 0.5) is 5.13 Å². The first kappa shape index (κ1) is 9.76. The molecule has 68 valence electrons. The number of aromatic nitrogens is 2. The van der Waals surface area contributed by atoms with Crippen molar-refractivity contribution in [3.8, 4) is 0 Å². The monoisotopic (exact) mass is 205 g/mol. The van der Waals surface area contributed by atoms with Gasteiger partial charge in [-0.1, -0.05) is 30.0 Å². The minimum Gasteiger partial charge on any atom is -0.396 e. The average molecular weight is 205 g/mol. The van der Waals surface area contributed by atoms with E-state index in [-0.39, 0.29) is 6.61 Å². The third-order valence-corrected chi connectivity index (χ3v) is 3.44. The van der Waals surface area contributed by atoms with Crippen molar-refractivity contribution >= 4 is 28.2 Å². The zero-order valence-corrected chi connectivity index (χ0v) is 8.36. The minimum absolute atomic E-state index is 0.210. The fourth-order valence-corrected chi connectivity index (χ4v) is 2.21. The predicted molar refractivity (Wildman–Crippen MR) is 51.3 cm³/mol. The summed E-state index contributed by atoms with van der Waals surface area (Å²) in [6.45, 7) is 2.19. The van der Waals surface area contributed by atoms with Crippen molar-refractivity contribution in [1.82, 2.24) is 10.2 Å². The fraction of sp³-hybridized carbons (Fsp3) is 0.667. The van der Waals surface area contributed by atoms with E-state index in [4.69, 9.17) is 10.8 Å². The first-order chi connectivity index (χ1) is 5.72. The van der Waals surface area contributed by atoms with Crippen molar-refractivity contribution in [3.05, 3.63) is 0 Å². The van der Waals surface area contributed by atoms with Crippen molar-refractivity contribution in [3.63, 3.8) is 0 Å². The molecule has 0 aromatic carbocycles. The number of hydrogen-bond donors (Lipinski definition) is 2. The summed E-state index contributed by atoms with van der Waals surface area (Å²) in [5, 5.41) is 16.8. The van der Waals surface area contributed by atoms with Gasteiger partial charge in [-0.25, -0.2) is 0 Å². The molecule has 1 aromatic heterocycles. The molecule has 0 saturated carbocycles. The zero-order chi connectivity index (χ0) is 8.97. The van der Waals surface area contributed by atoms with Crippen LogP contribution >= 0.6 is 23.1 Å². The number of rotatable bonds is 4. The third kappa shape index (κ3) is 2.96. The van der Waals surface area contributed by atoms with Crippen molar-refractivity contribution in [1.29, 1.82) is 0 Å². The molecule has 1 unspecified atom stereocenters. The Hall–Kier alpha value is -0.330. The maximum Gasteiger partial charge on any atom is 0.203 e. The van der Waals surface area contributed by atoms with Crippen molar-refractivity contribution < 1.29 is 5.11 Å². The maximum absolute atomic E-state index is 8.75. The smallest absolute Gasteiger partial charge is 0.203 e. The van der Waals surface area contributed by atoms with Gasteiger partial charge in [-0.2, -0.15) is 0 Å². The van der Waals surface area contributed by atoms with Gasteiger partial charge in [0.25, 0.3) is 0 Å². The molecular formula is C6H11N3OS2. The lowest BCUT2D eigenvalue weighted by Crippen LogP contribution is -2.02. The molecule has 0 radical (unpaired) electrons. The SMILES string of the molecule is CC(CO)CSc1nnc(N)s1. The highest BCUT2D eigenvalue weighted by atomic mass is 32.2. The lowest BCUT2D eigenvalue weighted by Gasteiger charge is -2.03. The molecule has 1 rings (SSSR count). The molecule has 0 spiro atoms. The molecule has 0 bridgehead atoms. The predicted octanol–water partition coefficient (Wildman–Crippen LogP) is 0.841. The normalized spacial score (nSPS) is 13.2. The summed E-state index contributed by atoms with van der Waals surface area (Å²) in [4.78, 5) is 0. The van der Waals surface area contributed by atoms with E-state index in [0.29, 0.717) is 11.0 Å². The first-order valence-electron chi connectivity index (χ1n) is 3.55. The van der Waals surface area contributed by atoms with Crippen molar-refractivity contribution in [2.45, 2.75) is 11.3 Å². The highest BCUT2D eigenvalue weighted by molar-refractivity contribution is 8.01. The molecule has 0 amide bonds. The summed E-state index contributed by atoms with van der Waals surface area (Å²) < 4.78 is 0.868. The molecule has 0 aliphatic carbocycles. The highest BCUT2D eigenvalue weighted by Crippen LogP contribution is 2.24.